The topological polar surface area (TPSA) is 71.4 Å². The van der Waals surface area contributed by atoms with E-state index in [4.69, 9.17) is 14.6 Å². The van der Waals surface area contributed by atoms with Gasteiger partial charge in [0, 0.05) is 32.1 Å². The van der Waals surface area contributed by atoms with Crippen LogP contribution < -0.4 is 4.74 Å². The molecule has 2 heterocycles. The lowest BCUT2D eigenvalue weighted by Gasteiger charge is -2.29. The van der Waals surface area contributed by atoms with Crippen LogP contribution in [0.4, 0.5) is 0 Å². The van der Waals surface area contributed by atoms with E-state index in [1.807, 2.05) is 62.5 Å². The van der Waals surface area contributed by atoms with E-state index in [1.165, 1.54) is 5.01 Å². The average molecular weight is 472 g/mol. The summed E-state index contributed by atoms with van der Waals surface area (Å²) in [5, 5.41) is 8.24. The van der Waals surface area contributed by atoms with Crippen LogP contribution in [0.2, 0.25) is 0 Å². The Morgan fingerprint density at radius 2 is 1.94 bits per heavy atom. The van der Waals surface area contributed by atoms with Gasteiger partial charge in [-0.05, 0) is 22.9 Å². The molecule has 1 aliphatic rings. The maximum absolute atomic E-state index is 13.5. The third-order valence-corrected chi connectivity index (χ3v) is 6.31. The first-order valence-electron chi connectivity index (χ1n) is 11.1. The van der Waals surface area contributed by atoms with Gasteiger partial charge in [0.25, 0.3) is 5.91 Å². The summed E-state index contributed by atoms with van der Waals surface area (Å²) in [5.41, 5.74) is 1.58. The average Bonchev–Trinajstić information content (AvgIpc) is 3.45. The van der Waals surface area contributed by atoms with Crippen LogP contribution in [0.1, 0.15) is 50.1 Å². The number of para-hydroxylation sites is 1. The van der Waals surface area contributed by atoms with Crippen molar-refractivity contribution in [2.24, 2.45) is 10.5 Å². The number of methoxy groups -OCH3 is 2. The first-order chi connectivity index (χ1) is 15.7. The van der Waals surface area contributed by atoms with E-state index in [1.54, 1.807) is 30.5 Å². The number of thiophene rings is 1. The van der Waals surface area contributed by atoms with E-state index in [9.17, 15) is 9.59 Å². The van der Waals surface area contributed by atoms with Crippen molar-refractivity contribution in [2.45, 2.75) is 39.7 Å². The van der Waals surface area contributed by atoms with Crippen molar-refractivity contribution in [1.29, 1.82) is 0 Å². The van der Waals surface area contributed by atoms with Gasteiger partial charge in [0.2, 0.25) is 5.91 Å². The standard InChI is InChI=1S/C25H33N3O4S/c1-25(2,3)16-23(29)27(12-13-31-4)17-24(30)28-20(18-9-6-7-10-21(18)32-5)15-19(26-28)22-11-8-14-33-22/h6-11,14,20H,12-13,15-17H2,1-5H3/t20-/m0/s1. The number of nitrogens with zero attached hydrogens (tertiary/aromatic N) is 3. The number of rotatable bonds is 9. The van der Waals surface area contributed by atoms with Gasteiger partial charge in [0.1, 0.15) is 12.3 Å². The lowest BCUT2D eigenvalue weighted by molar-refractivity contribution is -0.143. The van der Waals surface area contributed by atoms with Crippen molar-refractivity contribution in [3.8, 4) is 5.75 Å². The third kappa shape index (κ3) is 6.42. The fourth-order valence-corrected chi connectivity index (χ4v) is 4.53. The Bertz CT molecular complexity index is 982. The maximum atomic E-state index is 13.5. The van der Waals surface area contributed by atoms with Gasteiger partial charge in [-0.2, -0.15) is 5.10 Å². The van der Waals surface area contributed by atoms with Crippen LogP contribution in [0.3, 0.4) is 0 Å². The zero-order valence-electron chi connectivity index (χ0n) is 20.0. The Balaban J connectivity index is 1.89. The molecule has 1 atom stereocenters. The summed E-state index contributed by atoms with van der Waals surface area (Å²) in [4.78, 5) is 29.1. The van der Waals surface area contributed by atoms with Crippen LogP contribution in [0.25, 0.3) is 0 Å². The van der Waals surface area contributed by atoms with Crippen molar-refractivity contribution in [3.63, 3.8) is 0 Å². The molecule has 0 radical (unpaired) electrons. The van der Waals surface area contributed by atoms with Crippen LogP contribution in [0.15, 0.2) is 46.9 Å². The Labute approximate surface area is 200 Å². The monoisotopic (exact) mass is 471 g/mol. The number of hydrogen-bond acceptors (Lipinski definition) is 6. The van der Waals surface area contributed by atoms with E-state index in [2.05, 4.69) is 0 Å². The molecular formula is C25H33N3O4S. The molecule has 7 nitrogen and oxygen atoms in total. The van der Waals surface area contributed by atoms with Crippen LogP contribution in [0.5, 0.6) is 5.75 Å². The van der Waals surface area contributed by atoms with Gasteiger partial charge in [-0.25, -0.2) is 5.01 Å². The fraction of sp³-hybridized carbons (Fsp3) is 0.480. The molecule has 0 N–H and O–H groups in total. The van der Waals surface area contributed by atoms with Crippen molar-refractivity contribution in [2.75, 3.05) is 33.9 Å². The zero-order chi connectivity index (χ0) is 24.0. The number of carbonyl (C=O) groups excluding carboxylic acids is 2. The summed E-state index contributed by atoms with van der Waals surface area (Å²) >= 11 is 1.60. The molecule has 0 aliphatic carbocycles. The molecule has 1 aliphatic heterocycles. The quantitative estimate of drug-likeness (QED) is 0.545. The van der Waals surface area contributed by atoms with Crippen LogP contribution in [-0.2, 0) is 14.3 Å². The Morgan fingerprint density at radius 1 is 1.18 bits per heavy atom. The summed E-state index contributed by atoms with van der Waals surface area (Å²) in [6.07, 6.45) is 0.935. The fourth-order valence-electron chi connectivity index (χ4n) is 3.81. The molecule has 1 aromatic carbocycles. The van der Waals surface area contributed by atoms with Crippen molar-refractivity contribution in [1.82, 2.24) is 9.91 Å². The second kappa shape index (κ2) is 10.9. The largest absolute Gasteiger partial charge is 0.496 e. The number of hydrogen-bond donors (Lipinski definition) is 0. The molecule has 0 bridgehead atoms. The van der Waals surface area contributed by atoms with Crippen molar-refractivity contribution < 1.29 is 19.1 Å². The highest BCUT2D eigenvalue weighted by atomic mass is 32.1. The van der Waals surface area contributed by atoms with Gasteiger partial charge in [-0.15, -0.1) is 11.3 Å². The normalized spacial score (nSPS) is 16.0. The van der Waals surface area contributed by atoms with E-state index < -0.39 is 0 Å². The molecule has 0 unspecified atom stereocenters. The van der Waals surface area contributed by atoms with Gasteiger partial charge in [0.05, 0.1) is 30.3 Å². The molecule has 2 amide bonds. The Morgan fingerprint density at radius 3 is 2.58 bits per heavy atom. The van der Waals surface area contributed by atoms with Crippen molar-refractivity contribution >= 4 is 28.9 Å². The molecule has 0 fully saturated rings. The summed E-state index contributed by atoms with van der Waals surface area (Å²) < 4.78 is 10.8. The summed E-state index contributed by atoms with van der Waals surface area (Å²) in [6.45, 7) is 6.70. The van der Waals surface area contributed by atoms with Crippen molar-refractivity contribution in [3.05, 3.63) is 52.2 Å². The molecule has 8 heteroatoms. The number of benzene rings is 1. The van der Waals surface area contributed by atoms with E-state index in [0.29, 0.717) is 31.7 Å². The molecule has 3 rings (SSSR count). The van der Waals surface area contributed by atoms with Crippen LogP contribution in [0, 0.1) is 5.41 Å². The molecule has 178 valence electrons. The smallest absolute Gasteiger partial charge is 0.262 e. The highest BCUT2D eigenvalue weighted by Crippen LogP contribution is 2.38. The third-order valence-electron chi connectivity index (χ3n) is 5.40. The molecule has 1 aromatic heterocycles. The first kappa shape index (κ1) is 24.9. The predicted octanol–water partition coefficient (Wildman–Crippen LogP) is 4.35. The number of amides is 2. The van der Waals surface area contributed by atoms with E-state index in [-0.39, 0.29) is 29.8 Å². The highest BCUT2D eigenvalue weighted by Gasteiger charge is 2.36. The zero-order valence-corrected chi connectivity index (χ0v) is 20.9. The lowest BCUT2D eigenvalue weighted by Crippen LogP contribution is -2.43. The minimum absolute atomic E-state index is 0.0505. The van der Waals surface area contributed by atoms with Gasteiger partial charge >= 0.3 is 0 Å². The minimum atomic E-state index is -0.298. The molecule has 2 aromatic rings. The summed E-state index contributed by atoms with van der Waals surface area (Å²) in [7, 11) is 3.21. The number of ether oxygens (including phenoxy) is 2. The number of carbonyl (C=O) groups is 2. The second-order valence-electron chi connectivity index (χ2n) is 9.27. The molecular weight excluding hydrogens is 438 g/mol. The molecule has 0 spiro atoms. The van der Waals surface area contributed by atoms with E-state index >= 15 is 0 Å². The SMILES string of the molecule is COCCN(CC(=O)N1N=C(c2cccs2)C[C@H]1c1ccccc1OC)C(=O)CC(C)(C)C. The van der Waals surface area contributed by atoms with Gasteiger partial charge in [-0.1, -0.05) is 45.0 Å². The Hall–Kier alpha value is -2.71. The van der Waals surface area contributed by atoms with Crippen LogP contribution >= 0.6 is 11.3 Å². The summed E-state index contributed by atoms with van der Waals surface area (Å²) in [5.74, 6) is 0.419. The Kier molecular flexibility index (Phi) is 8.26. The molecule has 0 saturated carbocycles. The van der Waals surface area contributed by atoms with Gasteiger partial charge in [0.15, 0.2) is 0 Å². The van der Waals surface area contributed by atoms with Gasteiger partial charge < -0.3 is 14.4 Å². The van der Waals surface area contributed by atoms with E-state index in [0.717, 1.165) is 16.2 Å². The molecule has 33 heavy (non-hydrogen) atoms. The first-order valence-corrected chi connectivity index (χ1v) is 11.9. The summed E-state index contributed by atoms with van der Waals surface area (Å²) in [6, 6.07) is 11.4. The number of hydrazone groups is 1. The lowest BCUT2D eigenvalue weighted by atomic mass is 9.91. The highest BCUT2D eigenvalue weighted by molar-refractivity contribution is 7.12. The second-order valence-corrected chi connectivity index (χ2v) is 10.2. The maximum Gasteiger partial charge on any atom is 0.262 e. The molecule has 0 saturated heterocycles. The minimum Gasteiger partial charge on any atom is -0.496 e. The van der Waals surface area contributed by atoms with Gasteiger partial charge in [-0.3, -0.25) is 9.59 Å². The van der Waals surface area contributed by atoms with Crippen LogP contribution in [-0.4, -0.2) is 61.4 Å². The predicted molar refractivity (Wildman–Crippen MR) is 131 cm³/mol.